The number of anilines is 1. The first kappa shape index (κ1) is 15.0. The maximum Gasteiger partial charge on any atom is 0.251 e. The topological polar surface area (TPSA) is 61.4 Å². The average molecular weight is 288 g/mol. The van der Waals surface area contributed by atoms with Crippen LogP contribution in [0.15, 0.2) is 48.5 Å². The molecule has 3 N–H and O–H groups in total. The summed E-state index contributed by atoms with van der Waals surface area (Å²) in [6, 6.07) is 13.5. The lowest BCUT2D eigenvalue weighted by atomic mass is 10.1. The number of carbonyl (C=O) groups excluding carboxylic acids is 1. The van der Waals surface area contributed by atoms with Gasteiger partial charge in [0.25, 0.3) is 5.91 Å². The van der Waals surface area contributed by atoms with Crippen molar-refractivity contribution in [3.8, 4) is 0 Å². The van der Waals surface area contributed by atoms with E-state index in [2.05, 4.69) is 10.6 Å². The Labute approximate surface area is 122 Å². The fraction of sp³-hybridized carbons (Fsp3) is 0.188. The van der Waals surface area contributed by atoms with Crippen molar-refractivity contribution >= 4 is 11.6 Å². The first-order chi connectivity index (χ1) is 10.2. The molecule has 0 saturated carbocycles. The van der Waals surface area contributed by atoms with Crippen molar-refractivity contribution in [2.24, 2.45) is 0 Å². The molecule has 2 aromatic carbocycles. The summed E-state index contributed by atoms with van der Waals surface area (Å²) in [5, 5.41) is 14.3. The molecule has 0 spiro atoms. The first-order valence-corrected chi connectivity index (χ1v) is 6.67. The first-order valence-electron chi connectivity index (χ1n) is 6.67. The van der Waals surface area contributed by atoms with Gasteiger partial charge < -0.3 is 15.7 Å². The molecular formula is C16H17FN2O2. The van der Waals surface area contributed by atoms with Crippen molar-refractivity contribution in [3.05, 3.63) is 65.5 Å². The Bertz CT molecular complexity index is 599. The number of amides is 1. The Balaban J connectivity index is 1.93. The number of halogens is 1. The zero-order valence-corrected chi connectivity index (χ0v) is 11.5. The van der Waals surface area contributed by atoms with Crippen LogP contribution in [-0.2, 0) is 6.54 Å². The van der Waals surface area contributed by atoms with Gasteiger partial charge in [-0.25, -0.2) is 4.39 Å². The van der Waals surface area contributed by atoms with Crippen molar-refractivity contribution in [2.75, 3.05) is 18.5 Å². The molecule has 0 aliphatic carbocycles. The Morgan fingerprint density at radius 1 is 1.10 bits per heavy atom. The van der Waals surface area contributed by atoms with Crippen molar-refractivity contribution in [3.63, 3.8) is 0 Å². The maximum absolute atomic E-state index is 13.5. The molecule has 110 valence electrons. The minimum absolute atomic E-state index is 0.0893. The van der Waals surface area contributed by atoms with E-state index in [1.165, 1.54) is 6.07 Å². The molecule has 0 heterocycles. The molecule has 0 aromatic heterocycles. The molecule has 0 aliphatic heterocycles. The highest BCUT2D eigenvalue weighted by molar-refractivity contribution is 5.94. The van der Waals surface area contributed by atoms with Crippen molar-refractivity contribution < 1.29 is 14.3 Å². The maximum atomic E-state index is 13.5. The number of aliphatic hydroxyl groups excluding tert-OH is 1. The molecule has 0 atom stereocenters. The van der Waals surface area contributed by atoms with Gasteiger partial charge in [0.05, 0.1) is 6.61 Å². The molecule has 21 heavy (non-hydrogen) atoms. The molecule has 0 fully saturated rings. The summed E-state index contributed by atoms with van der Waals surface area (Å²) in [4.78, 5) is 11.6. The molecule has 5 heteroatoms. The quantitative estimate of drug-likeness (QED) is 0.763. The highest BCUT2D eigenvalue weighted by Gasteiger charge is 2.04. The largest absolute Gasteiger partial charge is 0.395 e. The van der Waals surface area contributed by atoms with E-state index in [0.29, 0.717) is 17.7 Å². The number of aliphatic hydroxyl groups is 1. The van der Waals surface area contributed by atoms with Crippen LogP contribution < -0.4 is 10.6 Å². The highest BCUT2D eigenvalue weighted by atomic mass is 19.1. The Kier molecular flexibility index (Phi) is 5.29. The van der Waals surface area contributed by atoms with Crippen LogP contribution in [0.2, 0.25) is 0 Å². The van der Waals surface area contributed by atoms with Gasteiger partial charge in [-0.2, -0.15) is 0 Å². The van der Waals surface area contributed by atoms with Crippen LogP contribution in [0.3, 0.4) is 0 Å². The van der Waals surface area contributed by atoms with Crippen LogP contribution in [0.5, 0.6) is 0 Å². The summed E-state index contributed by atoms with van der Waals surface area (Å²) >= 11 is 0. The second kappa shape index (κ2) is 7.40. The lowest BCUT2D eigenvalue weighted by Gasteiger charge is -2.08. The Morgan fingerprint density at radius 3 is 2.48 bits per heavy atom. The molecule has 2 rings (SSSR count). The summed E-state index contributed by atoms with van der Waals surface area (Å²) < 4.78 is 13.5. The second-order valence-corrected chi connectivity index (χ2v) is 4.50. The molecule has 0 aliphatic rings. The lowest BCUT2D eigenvalue weighted by Crippen LogP contribution is -2.26. The minimum Gasteiger partial charge on any atom is -0.395 e. The normalized spacial score (nSPS) is 10.2. The fourth-order valence-electron chi connectivity index (χ4n) is 1.85. The third kappa shape index (κ3) is 4.29. The molecular weight excluding hydrogens is 271 g/mol. The van der Waals surface area contributed by atoms with Crippen LogP contribution in [0.25, 0.3) is 0 Å². The molecule has 4 nitrogen and oxygen atoms in total. The van der Waals surface area contributed by atoms with Gasteiger partial charge in [0.1, 0.15) is 5.82 Å². The molecule has 1 amide bonds. The molecule has 0 radical (unpaired) electrons. The highest BCUT2D eigenvalue weighted by Crippen LogP contribution is 2.13. The van der Waals surface area contributed by atoms with E-state index in [1.807, 2.05) is 0 Å². The molecule has 0 unspecified atom stereocenters. The summed E-state index contributed by atoms with van der Waals surface area (Å²) in [7, 11) is 0. The predicted molar refractivity (Wildman–Crippen MR) is 79.6 cm³/mol. The summed E-state index contributed by atoms with van der Waals surface area (Å²) in [6.07, 6.45) is 0. The fourth-order valence-corrected chi connectivity index (χ4v) is 1.85. The van der Waals surface area contributed by atoms with E-state index >= 15 is 0 Å². The summed E-state index contributed by atoms with van der Waals surface area (Å²) in [5.41, 5.74) is 1.90. The van der Waals surface area contributed by atoms with Gasteiger partial charge in [-0.05, 0) is 30.3 Å². The number of hydrogen-bond acceptors (Lipinski definition) is 3. The third-order valence-corrected chi connectivity index (χ3v) is 2.99. The SMILES string of the molecule is O=C(NCCO)c1ccc(NCc2ccccc2F)cc1. The van der Waals surface area contributed by atoms with Crippen molar-refractivity contribution in [2.45, 2.75) is 6.54 Å². The summed E-state index contributed by atoms with van der Waals surface area (Å²) in [5.74, 6) is -0.477. The Morgan fingerprint density at radius 2 is 1.81 bits per heavy atom. The van der Waals surface area contributed by atoms with Gasteiger partial charge in [-0.3, -0.25) is 4.79 Å². The smallest absolute Gasteiger partial charge is 0.251 e. The number of benzene rings is 2. The van der Waals surface area contributed by atoms with Gasteiger partial charge >= 0.3 is 0 Å². The molecule has 0 bridgehead atoms. The van der Waals surface area contributed by atoms with Gasteiger partial charge in [0, 0.05) is 29.9 Å². The Hall–Kier alpha value is -2.40. The van der Waals surface area contributed by atoms with E-state index < -0.39 is 0 Å². The van der Waals surface area contributed by atoms with Crippen LogP contribution in [0.1, 0.15) is 15.9 Å². The molecule has 2 aromatic rings. The van der Waals surface area contributed by atoms with Gasteiger partial charge in [0.2, 0.25) is 0 Å². The number of rotatable bonds is 6. The van der Waals surface area contributed by atoms with E-state index in [4.69, 9.17) is 5.11 Å². The van der Waals surface area contributed by atoms with Crippen LogP contribution >= 0.6 is 0 Å². The molecule has 0 saturated heterocycles. The predicted octanol–water partition coefficient (Wildman–Crippen LogP) is 2.16. The zero-order valence-electron chi connectivity index (χ0n) is 11.5. The van der Waals surface area contributed by atoms with E-state index in [9.17, 15) is 9.18 Å². The van der Waals surface area contributed by atoms with E-state index in [0.717, 1.165) is 5.69 Å². The standard InChI is InChI=1S/C16H17FN2O2/c17-15-4-2-1-3-13(15)11-19-14-7-5-12(6-8-14)16(21)18-9-10-20/h1-8,19-20H,9-11H2,(H,18,21). The van der Waals surface area contributed by atoms with Crippen molar-refractivity contribution in [1.29, 1.82) is 0 Å². The number of nitrogens with one attached hydrogen (secondary N) is 2. The summed E-state index contributed by atoms with van der Waals surface area (Å²) in [6.45, 7) is 0.517. The van der Waals surface area contributed by atoms with Gasteiger partial charge in [0.15, 0.2) is 0 Å². The van der Waals surface area contributed by atoms with Crippen LogP contribution in [-0.4, -0.2) is 24.2 Å². The number of hydrogen-bond donors (Lipinski definition) is 3. The monoisotopic (exact) mass is 288 g/mol. The third-order valence-electron chi connectivity index (χ3n) is 2.99. The van der Waals surface area contributed by atoms with E-state index in [1.54, 1.807) is 42.5 Å². The number of carbonyl (C=O) groups is 1. The minimum atomic E-state index is -0.245. The zero-order chi connectivity index (χ0) is 15.1. The second-order valence-electron chi connectivity index (χ2n) is 4.50. The van der Waals surface area contributed by atoms with E-state index in [-0.39, 0.29) is 24.9 Å². The van der Waals surface area contributed by atoms with Gasteiger partial charge in [-0.1, -0.05) is 18.2 Å². The average Bonchev–Trinajstić information content (AvgIpc) is 2.52. The van der Waals surface area contributed by atoms with Crippen LogP contribution in [0, 0.1) is 5.82 Å². The van der Waals surface area contributed by atoms with Gasteiger partial charge in [-0.15, -0.1) is 0 Å². The van der Waals surface area contributed by atoms with Crippen molar-refractivity contribution in [1.82, 2.24) is 5.32 Å². The lowest BCUT2D eigenvalue weighted by molar-refractivity contribution is 0.0945. The van der Waals surface area contributed by atoms with Crippen LogP contribution in [0.4, 0.5) is 10.1 Å².